The van der Waals surface area contributed by atoms with Crippen LogP contribution >= 0.6 is 0 Å². The van der Waals surface area contributed by atoms with Crippen molar-refractivity contribution in [2.24, 2.45) is 0 Å². The summed E-state index contributed by atoms with van der Waals surface area (Å²) in [6.07, 6.45) is 5.16. The highest BCUT2D eigenvalue weighted by molar-refractivity contribution is 5.92. The Morgan fingerprint density at radius 1 is 1.40 bits per heavy atom. The molecule has 0 aliphatic rings. The largest absolute Gasteiger partial charge is 0.357 e. The minimum atomic E-state index is -0.108. The molecule has 0 aliphatic carbocycles. The maximum Gasteiger partial charge on any atom is 0.267 e. The van der Waals surface area contributed by atoms with Crippen LogP contribution < -0.4 is 5.32 Å². The molecule has 0 radical (unpaired) electrons. The monoisotopic (exact) mass is 201 g/mol. The minimum Gasteiger partial charge on any atom is -0.357 e. The standard InChI is InChI=1S/C11H11N3O/c15-11(10-4-2-6-13-10)14-8-9-3-1-5-12-7-9/h1-7,13H,8H2,(H,14,15). The second-order valence-electron chi connectivity index (χ2n) is 3.13. The molecule has 4 heteroatoms. The van der Waals surface area contributed by atoms with Crippen LogP contribution in [0.2, 0.25) is 0 Å². The maximum atomic E-state index is 11.5. The zero-order valence-corrected chi connectivity index (χ0v) is 8.10. The molecule has 15 heavy (non-hydrogen) atoms. The van der Waals surface area contributed by atoms with E-state index in [-0.39, 0.29) is 5.91 Å². The van der Waals surface area contributed by atoms with Crippen molar-refractivity contribution in [3.63, 3.8) is 0 Å². The van der Waals surface area contributed by atoms with Crippen LogP contribution in [0.5, 0.6) is 0 Å². The number of pyridine rings is 1. The van der Waals surface area contributed by atoms with Crippen molar-refractivity contribution >= 4 is 5.91 Å². The molecule has 2 aromatic heterocycles. The first kappa shape index (κ1) is 9.45. The van der Waals surface area contributed by atoms with Gasteiger partial charge in [-0.15, -0.1) is 0 Å². The molecule has 0 spiro atoms. The van der Waals surface area contributed by atoms with Crippen molar-refractivity contribution in [3.05, 3.63) is 54.1 Å². The quantitative estimate of drug-likeness (QED) is 0.787. The topological polar surface area (TPSA) is 57.8 Å². The van der Waals surface area contributed by atoms with Crippen molar-refractivity contribution in [2.45, 2.75) is 6.54 Å². The van der Waals surface area contributed by atoms with Gasteiger partial charge >= 0.3 is 0 Å². The fourth-order valence-corrected chi connectivity index (χ4v) is 1.25. The molecule has 2 aromatic rings. The average Bonchev–Trinajstić information content (AvgIpc) is 2.81. The minimum absolute atomic E-state index is 0.108. The number of amides is 1. The van der Waals surface area contributed by atoms with Crippen molar-refractivity contribution in [1.82, 2.24) is 15.3 Å². The number of aromatic nitrogens is 2. The molecule has 0 atom stereocenters. The maximum absolute atomic E-state index is 11.5. The van der Waals surface area contributed by atoms with E-state index in [4.69, 9.17) is 0 Å². The zero-order chi connectivity index (χ0) is 10.5. The second-order valence-corrected chi connectivity index (χ2v) is 3.13. The Hall–Kier alpha value is -2.10. The Labute approximate surface area is 87.4 Å². The molecule has 0 bridgehead atoms. The summed E-state index contributed by atoms with van der Waals surface area (Å²) >= 11 is 0. The molecule has 0 saturated heterocycles. The number of carbonyl (C=O) groups excluding carboxylic acids is 1. The van der Waals surface area contributed by atoms with Crippen LogP contribution in [0.25, 0.3) is 0 Å². The highest BCUT2D eigenvalue weighted by Crippen LogP contribution is 1.97. The van der Waals surface area contributed by atoms with E-state index >= 15 is 0 Å². The molecule has 2 N–H and O–H groups in total. The fourth-order valence-electron chi connectivity index (χ4n) is 1.25. The van der Waals surface area contributed by atoms with Crippen molar-refractivity contribution in [2.75, 3.05) is 0 Å². The smallest absolute Gasteiger partial charge is 0.267 e. The lowest BCUT2D eigenvalue weighted by molar-refractivity contribution is 0.0946. The Kier molecular flexibility index (Phi) is 2.78. The first-order valence-corrected chi connectivity index (χ1v) is 4.67. The Morgan fingerprint density at radius 2 is 2.33 bits per heavy atom. The van der Waals surface area contributed by atoms with Gasteiger partial charge in [0.2, 0.25) is 0 Å². The molecule has 0 saturated carbocycles. The van der Waals surface area contributed by atoms with Crippen LogP contribution in [0.3, 0.4) is 0 Å². The van der Waals surface area contributed by atoms with Gasteiger partial charge in [-0.3, -0.25) is 9.78 Å². The van der Waals surface area contributed by atoms with Gasteiger partial charge in [0.15, 0.2) is 0 Å². The van der Waals surface area contributed by atoms with E-state index in [1.807, 2.05) is 12.1 Å². The van der Waals surface area contributed by atoms with Gasteiger partial charge < -0.3 is 10.3 Å². The number of nitrogens with zero attached hydrogens (tertiary/aromatic N) is 1. The summed E-state index contributed by atoms with van der Waals surface area (Å²) < 4.78 is 0. The van der Waals surface area contributed by atoms with E-state index in [0.29, 0.717) is 12.2 Å². The third kappa shape index (κ3) is 2.43. The molecular weight excluding hydrogens is 190 g/mol. The Morgan fingerprint density at radius 3 is 3.00 bits per heavy atom. The van der Waals surface area contributed by atoms with Gasteiger partial charge in [-0.05, 0) is 23.8 Å². The van der Waals surface area contributed by atoms with Gasteiger partial charge in [0.25, 0.3) is 5.91 Å². The molecule has 2 rings (SSSR count). The summed E-state index contributed by atoms with van der Waals surface area (Å²) in [6, 6.07) is 7.29. The van der Waals surface area contributed by atoms with Crippen LogP contribution in [0.1, 0.15) is 16.1 Å². The molecule has 0 unspecified atom stereocenters. The van der Waals surface area contributed by atoms with E-state index < -0.39 is 0 Å². The van der Waals surface area contributed by atoms with E-state index in [9.17, 15) is 4.79 Å². The zero-order valence-electron chi connectivity index (χ0n) is 8.10. The third-order valence-electron chi connectivity index (χ3n) is 2.02. The molecule has 2 heterocycles. The summed E-state index contributed by atoms with van der Waals surface area (Å²) in [6.45, 7) is 0.492. The van der Waals surface area contributed by atoms with Crippen LogP contribution in [0.4, 0.5) is 0 Å². The van der Waals surface area contributed by atoms with Crippen molar-refractivity contribution < 1.29 is 4.79 Å². The second kappa shape index (κ2) is 4.41. The fraction of sp³-hybridized carbons (Fsp3) is 0.0909. The molecule has 76 valence electrons. The summed E-state index contributed by atoms with van der Waals surface area (Å²) in [4.78, 5) is 18.3. The SMILES string of the molecule is O=C(NCc1cccnc1)c1ccc[nH]1. The normalized spacial score (nSPS) is 9.87. The molecule has 4 nitrogen and oxygen atoms in total. The van der Waals surface area contributed by atoms with Crippen LogP contribution in [0, 0.1) is 0 Å². The first-order chi connectivity index (χ1) is 7.36. The summed E-state index contributed by atoms with van der Waals surface area (Å²) in [5.74, 6) is -0.108. The van der Waals surface area contributed by atoms with E-state index in [1.54, 1.807) is 30.7 Å². The summed E-state index contributed by atoms with van der Waals surface area (Å²) in [5.41, 5.74) is 1.55. The van der Waals surface area contributed by atoms with Crippen LogP contribution in [-0.4, -0.2) is 15.9 Å². The molecule has 0 aliphatic heterocycles. The van der Waals surface area contributed by atoms with Gasteiger partial charge in [0, 0.05) is 25.1 Å². The molecule has 0 fully saturated rings. The lowest BCUT2D eigenvalue weighted by Crippen LogP contribution is -2.23. The summed E-state index contributed by atoms with van der Waals surface area (Å²) in [5, 5.41) is 2.79. The Bertz CT molecular complexity index is 422. The van der Waals surface area contributed by atoms with Gasteiger partial charge in [0.1, 0.15) is 5.69 Å². The predicted octanol–water partition coefficient (Wildman–Crippen LogP) is 1.34. The van der Waals surface area contributed by atoms with E-state index in [0.717, 1.165) is 5.56 Å². The predicted molar refractivity (Wildman–Crippen MR) is 56.2 cm³/mol. The Balaban J connectivity index is 1.92. The van der Waals surface area contributed by atoms with Crippen molar-refractivity contribution in [3.8, 4) is 0 Å². The van der Waals surface area contributed by atoms with Gasteiger partial charge in [-0.2, -0.15) is 0 Å². The number of aromatic amines is 1. The average molecular weight is 201 g/mol. The number of nitrogens with one attached hydrogen (secondary N) is 2. The highest BCUT2D eigenvalue weighted by atomic mass is 16.1. The lowest BCUT2D eigenvalue weighted by Gasteiger charge is -2.02. The number of hydrogen-bond acceptors (Lipinski definition) is 2. The summed E-state index contributed by atoms with van der Waals surface area (Å²) in [7, 11) is 0. The van der Waals surface area contributed by atoms with Gasteiger partial charge in [-0.1, -0.05) is 6.07 Å². The van der Waals surface area contributed by atoms with Crippen LogP contribution in [0.15, 0.2) is 42.9 Å². The number of H-pyrrole nitrogens is 1. The van der Waals surface area contributed by atoms with Crippen LogP contribution in [-0.2, 0) is 6.54 Å². The molecule has 0 aromatic carbocycles. The number of rotatable bonds is 3. The third-order valence-corrected chi connectivity index (χ3v) is 2.02. The van der Waals surface area contributed by atoms with E-state index in [2.05, 4.69) is 15.3 Å². The van der Waals surface area contributed by atoms with Gasteiger partial charge in [-0.25, -0.2) is 0 Å². The van der Waals surface area contributed by atoms with E-state index in [1.165, 1.54) is 0 Å². The first-order valence-electron chi connectivity index (χ1n) is 4.67. The molecular formula is C11H11N3O. The lowest BCUT2D eigenvalue weighted by atomic mass is 10.3. The highest BCUT2D eigenvalue weighted by Gasteiger charge is 2.04. The molecule has 1 amide bonds. The number of hydrogen-bond donors (Lipinski definition) is 2. The van der Waals surface area contributed by atoms with Gasteiger partial charge in [0.05, 0.1) is 0 Å². The number of carbonyl (C=O) groups is 1. The van der Waals surface area contributed by atoms with Crippen molar-refractivity contribution in [1.29, 1.82) is 0 Å².